The van der Waals surface area contributed by atoms with Crippen LogP contribution < -0.4 is 0 Å². The second kappa shape index (κ2) is 3.80. The number of hydrogen-bond acceptors (Lipinski definition) is 1. The van der Waals surface area contributed by atoms with Gasteiger partial charge in [0.25, 0.3) is 0 Å². The van der Waals surface area contributed by atoms with Gasteiger partial charge in [0.2, 0.25) is 0 Å². The molecule has 1 aromatic rings. The minimum Gasteiger partial charge on any atom is -0.385 e. The molecular formula is C13H17ClO. The summed E-state index contributed by atoms with van der Waals surface area (Å²) in [4.78, 5) is 0. The molecule has 1 saturated carbocycles. The predicted octanol–water partition coefficient (Wildman–Crippen LogP) is 3.52. The van der Waals surface area contributed by atoms with Gasteiger partial charge in [-0.2, -0.15) is 0 Å². The average Bonchev–Trinajstić information content (AvgIpc) is 3.01. The van der Waals surface area contributed by atoms with Gasteiger partial charge in [0.05, 0.1) is 5.60 Å². The molecule has 1 nitrogen and oxygen atoms in total. The van der Waals surface area contributed by atoms with Gasteiger partial charge < -0.3 is 5.11 Å². The lowest BCUT2D eigenvalue weighted by molar-refractivity contribution is 0.0330. The first-order chi connectivity index (χ1) is 7.05. The van der Waals surface area contributed by atoms with Crippen molar-refractivity contribution in [2.75, 3.05) is 0 Å². The average molecular weight is 225 g/mol. The van der Waals surface area contributed by atoms with Crippen LogP contribution in [0.15, 0.2) is 18.2 Å². The van der Waals surface area contributed by atoms with Gasteiger partial charge >= 0.3 is 0 Å². The van der Waals surface area contributed by atoms with E-state index in [9.17, 15) is 5.11 Å². The highest BCUT2D eigenvalue weighted by Gasteiger charge is 2.41. The molecule has 1 atom stereocenters. The summed E-state index contributed by atoms with van der Waals surface area (Å²) < 4.78 is 0. The molecule has 1 aliphatic carbocycles. The molecule has 2 rings (SSSR count). The Balaban J connectivity index is 2.35. The molecule has 0 unspecified atom stereocenters. The third-order valence-corrected chi connectivity index (χ3v) is 3.75. The Morgan fingerprint density at radius 1 is 1.47 bits per heavy atom. The van der Waals surface area contributed by atoms with Gasteiger partial charge in [0, 0.05) is 5.02 Å². The zero-order chi connectivity index (χ0) is 11.1. The largest absolute Gasteiger partial charge is 0.385 e. The molecule has 0 heterocycles. The SMILES string of the molecule is CCc1cc([C@@](C)(O)C2CC2)ccc1Cl. The minimum atomic E-state index is -0.672. The van der Waals surface area contributed by atoms with Crippen LogP contribution in [0.4, 0.5) is 0 Å². The number of rotatable bonds is 3. The summed E-state index contributed by atoms with van der Waals surface area (Å²) in [6.45, 7) is 3.99. The molecule has 1 aliphatic rings. The summed E-state index contributed by atoms with van der Waals surface area (Å²) >= 11 is 6.06. The Bertz CT molecular complexity index is 367. The van der Waals surface area contributed by atoms with Crippen molar-refractivity contribution in [3.05, 3.63) is 34.3 Å². The van der Waals surface area contributed by atoms with Crippen LogP contribution in [0.1, 0.15) is 37.8 Å². The number of aliphatic hydroxyl groups is 1. The molecule has 0 bridgehead atoms. The third-order valence-electron chi connectivity index (χ3n) is 3.38. The van der Waals surface area contributed by atoms with Crippen LogP contribution in [-0.4, -0.2) is 5.11 Å². The van der Waals surface area contributed by atoms with Gasteiger partial charge in [0.1, 0.15) is 0 Å². The summed E-state index contributed by atoms with van der Waals surface area (Å²) in [5, 5.41) is 11.2. The summed E-state index contributed by atoms with van der Waals surface area (Å²) in [7, 11) is 0. The van der Waals surface area contributed by atoms with Crippen molar-refractivity contribution in [2.24, 2.45) is 5.92 Å². The minimum absolute atomic E-state index is 0.434. The molecule has 0 saturated heterocycles. The van der Waals surface area contributed by atoms with E-state index in [0.717, 1.165) is 35.4 Å². The van der Waals surface area contributed by atoms with Gasteiger partial charge in [-0.1, -0.05) is 30.7 Å². The Morgan fingerprint density at radius 3 is 2.67 bits per heavy atom. The van der Waals surface area contributed by atoms with Crippen molar-refractivity contribution >= 4 is 11.6 Å². The number of benzene rings is 1. The van der Waals surface area contributed by atoms with Crippen molar-refractivity contribution in [1.29, 1.82) is 0 Å². The molecule has 1 aromatic carbocycles. The smallest absolute Gasteiger partial charge is 0.0896 e. The van der Waals surface area contributed by atoms with Crippen molar-refractivity contribution in [1.82, 2.24) is 0 Å². The van der Waals surface area contributed by atoms with Crippen LogP contribution in [0.3, 0.4) is 0 Å². The van der Waals surface area contributed by atoms with Crippen LogP contribution in [0.2, 0.25) is 5.02 Å². The first-order valence-corrected chi connectivity index (χ1v) is 5.94. The predicted molar refractivity (Wildman–Crippen MR) is 63.1 cm³/mol. The summed E-state index contributed by atoms with van der Waals surface area (Å²) in [6.07, 6.45) is 3.18. The number of hydrogen-bond donors (Lipinski definition) is 1. The van der Waals surface area contributed by atoms with Gasteiger partial charge in [-0.25, -0.2) is 0 Å². The summed E-state index contributed by atoms with van der Waals surface area (Å²) in [5.74, 6) is 0.434. The topological polar surface area (TPSA) is 20.2 Å². The lowest BCUT2D eigenvalue weighted by Crippen LogP contribution is -2.23. The molecular weight excluding hydrogens is 208 g/mol. The highest BCUT2D eigenvalue weighted by molar-refractivity contribution is 6.31. The molecule has 0 aromatic heterocycles. The maximum absolute atomic E-state index is 10.4. The van der Waals surface area contributed by atoms with Crippen molar-refractivity contribution < 1.29 is 5.11 Å². The maximum Gasteiger partial charge on any atom is 0.0896 e. The van der Waals surface area contributed by atoms with Crippen LogP contribution in [0, 0.1) is 5.92 Å². The molecule has 0 aliphatic heterocycles. The highest BCUT2D eigenvalue weighted by Crippen LogP contribution is 2.45. The molecule has 82 valence electrons. The Morgan fingerprint density at radius 2 is 2.13 bits per heavy atom. The van der Waals surface area contributed by atoms with Crippen molar-refractivity contribution in [3.8, 4) is 0 Å². The van der Waals surface area contributed by atoms with E-state index in [1.807, 2.05) is 25.1 Å². The van der Waals surface area contributed by atoms with Crippen LogP contribution in [-0.2, 0) is 12.0 Å². The molecule has 0 radical (unpaired) electrons. The van der Waals surface area contributed by atoms with E-state index in [1.165, 1.54) is 0 Å². The monoisotopic (exact) mass is 224 g/mol. The molecule has 1 fully saturated rings. The molecule has 1 N–H and O–H groups in total. The highest BCUT2D eigenvalue weighted by atomic mass is 35.5. The second-order valence-corrected chi connectivity index (χ2v) is 4.99. The zero-order valence-corrected chi connectivity index (χ0v) is 10.0. The van der Waals surface area contributed by atoms with E-state index in [4.69, 9.17) is 11.6 Å². The van der Waals surface area contributed by atoms with Gasteiger partial charge in [-0.3, -0.25) is 0 Å². The van der Waals surface area contributed by atoms with Crippen molar-refractivity contribution in [2.45, 2.75) is 38.7 Å². The van der Waals surface area contributed by atoms with E-state index < -0.39 is 5.60 Å². The van der Waals surface area contributed by atoms with E-state index in [-0.39, 0.29) is 0 Å². The maximum atomic E-state index is 10.4. The fraction of sp³-hybridized carbons (Fsp3) is 0.538. The quantitative estimate of drug-likeness (QED) is 0.833. The summed E-state index contributed by atoms with van der Waals surface area (Å²) in [5.41, 5.74) is 1.45. The van der Waals surface area contributed by atoms with Gasteiger partial charge in [0.15, 0.2) is 0 Å². The lowest BCUT2D eigenvalue weighted by atomic mass is 9.89. The first kappa shape index (κ1) is 11.0. The van der Waals surface area contributed by atoms with E-state index in [2.05, 4.69) is 6.92 Å². The first-order valence-electron chi connectivity index (χ1n) is 5.57. The Labute approximate surface area is 96.1 Å². The zero-order valence-electron chi connectivity index (χ0n) is 9.26. The molecule has 0 amide bonds. The normalized spacial score (nSPS) is 20.0. The lowest BCUT2D eigenvalue weighted by Gasteiger charge is -2.24. The van der Waals surface area contributed by atoms with Gasteiger partial charge in [-0.05, 0) is 49.3 Å². The fourth-order valence-electron chi connectivity index (χ4n) is 2.04. The summed E-state index contributed by atoms with van der Waals surface area (Å²) in [6, 6.07) is 5.88. The van der Waals surface area contributed by atoms with E-state index >= 15 is 0 Å². The number of halogens is 1. The molecule has 0 spiro atoms. The van der Waals surface area contributed by atoms with Crippen LogP contribution >= 0.6 is 11.6 Å². The fourth-order valence-corrected chi connectivity index (χ4v) is 2.29. The second-order valence-electron chi connectivity index (χ2n) is 4.58. The molecule has 2 heteroatoms. The Hall–Kier alpha value is -0.530. The van der Waals surface area contributed by atoms with Gasteiger partial charge in [-0.15, -0.1) is 0 Å². The van der Waals surface area contributed by atoms with Crippen molar-refractivity contribution in [3.63, 3.8) is 0 Å². The Kier molecular flexibility index (Phi) is 2.78. The van der Waals surface area contributed by atoms with E-state index in [0.29, 0.717) is 5.92 Å². The third kappa shape index (κ3) is 2.04. The van der Waals surface area contributed by atoms with E-state index in [1.54, 1.807) is 0 Å². The van der Waals surface area contributed by atoms with Crippen LogP contribution in [0.5, 0.6) is 0 Å². The molecule has 15 heavy (non-hydrogen) atoms. The standard InChI is InChI=1S/C13H17ClO/c1-3-9-8-11(6-7-12(9)14)13(2,15)10-4-5-10/h6-8,10,15H,3-5H2,1-2H3/t13-/m0/s1. The van der Waals surface area contributed by atoms with Crippen LogP contribution in [0.25, 0.3) is 0 Å². The number of aryl methyl sites for hydroxylation is 1.